The van der Waals surface area contributed by atoms with Crippen LogP contribution in [0.3, 0.4) is 0 Å². The van der Waals surface area contributed by atoms with E-state index in [1.807, 2.05) is 11.3 Å². The number of nitrogens with one attached hydrogen (secondary N) is 1. The van der Waals surface area contributed by atoms with Crippen molar-refractivity contribution in [3.05, 3.63) is 52.2 Å². The number of benzene rings is 1. The molecule has 0 fully saturated rings. The van der Waals surface area contributed by atoms with Crippen LogP contribution >= 0.6 is 11.3 Å². The van der Waals surface area contributed by atoms with Gasteiger partial charge in [0.05, 0.1) is 0 Å². The maximum Gasteiger partial charge on any atom is 0.0363 e. The lowest BCUT2D eigenvalue weighted by Gasteiger charge is -2.19. The van der Waals surface area contributed by atoms with Gasteiger partial charge in [-0.25, -0.2) is 0 Å². The van der Waals surface area contributed by atoms with Crippen molar-refractivity contribution in [3.8, 4) is 0 Å². The van der Waals surface area contributed by atoms with Crippen LogP contribution in [0.2, 0.25) is 0 Å². The molecule has 21 heavy (non-hydrogen) atoms. The predicted octanol–water partition coefficient (Wildman–Crippen LogP) is 4.17. The van der Waals surface area contributed by atoms with E-state index in [0.29, 0.717) is 5.92 Å². The average molecular weight is 302 g/mol. The summed E-state index contributed by atoms with van der Waals surface area (Å²) in [5, 5.41) is 5.63. The molecule has 1 aromatic heterocycles. The summed E-state index contributed by atoms with van der Waals surface area (Å²) in [6, 6.07) is 13.2. The minimum Gasteiger partial charge on any atom is -0.374 e. The van der Waals surface area contributed by atoms with Gasteiger partial charge < -0.3 is 10.2 Å². The molecule has 0 atom stereocenters. The van der Waals surface area contributed by atoms with Gasteiger partial charge in [0, 0.05) is 30.7 Å². The molecule has 1 N–H and O–H groups in total. The first kappa shape index (κ1) is 16.1. The van der Waals surface area contributed by atoms with Crippen molar-refractivity contribution in [2.75, 3.05) is 25.0 Å². The summed E-state index contributed by atoms with van der Waals surface area (Å²) in [6.07, 6.45) is 1.12. The molecule has 0 aliphatic carbocycles. The summed E-state index contributed by atoms with van der Waals surface area (Å²) in [4.78, 5) is 3.78. The first-order chi connectivity index (χ1) is 10.1. The normalized spacial score (nSPS) is 11.0. The second kappa shape index (κ2) is 8.20. The van der Waals surface area contributed by atoms with Gasteiger partial charge in [0.1, 0.15) is 0 Å². The van der Waals surface area contributed by atoms with E-state index in [-0.39, 0.29) is 0 Å². The number of likely N-dealkylation sites (N-methyl/N-ethyl adjacent to an activating group) is 1. The first-order valence-electron chi connectivity index (χ1n) is 7.68. The molecule has 0 saturated carbocycles. The number of rotatable bonds is 8. The molecule has 2 nitrogen and oxygen atoms in total. The van der Waals surface area contributed by atoms with E-state index in [1.165, 1.54) is 16.1 Å². The van der Waals surface area contributed by atoms with Crippen molar-refractivity contribution >= 4 is 17.0 Å². The van der Waals surface area contributed by atoms with Crippen LogP contribution in [-0.4, -0.2) is 20.1 Å². The minimum absolute atomic E-state index is 0.702. The molecule has 0 bridgehead atoms. The standard InChI is InChI=1S/C18H26N2S/c1-15(2)13-19-14-16-6-8-17(9-7-16)20(3)11-10-18-5-4-12-21-18/h4-9,12,15,19H,10-11,13-14H2,1-3H3. The van der Waals surface area contributed by atoms with Gasteiger partial charge in [-0.3, -0.25) is 0 Å². The zero-order valence-corrected chi connectivity index (χ0v) is 14.1. The summed E-state index contributed by atoms with van der Waals surface area (Å²) >= 11 is 1.84. The second-order valence-corrected chi connectivity index (χ2v) is 6.97. The van der Waals surface area contributed by atoms with Gasteiger partial charge in [0.15, 0.2) is 0 Å². The van der Waals surface area contributed by atoms with Crippen LogP contribution in [0.1, 0.15) is 24.3 Å². The Balaban J connectivity index is 1.80. The Bertz CT molecular complexity index is 503. The van der Waals surface area contributed by atoms with Gasteiger partial charge in [-0.2, -0.15) is 0 Å². The van der Waals surface area contributed by atoms with Crippen LogP contribution in [0.5, 0.6) is 0 Å². The minimum atomic E-state index is 0.702. The molecule has 0 amide bonds. The molecule has 2 rings (SSSR count). The van der Waals surface area contributed by atoms with Crippen LogP contribution < -0.4 is 10.2 Å². The van der Waals surface area contributed by atoms with Crippen LogP contribution in [0.15, 0.2) is 41.8 Å². The fourth-order valence-corrected chi connectivity index (χ4v) is 2.93. The average Bonchev–Trinajstić information content (AvgIpc) is 2.98. The summed E-state index contributed by atoms with van der Waals surface area (Å²) in [7, 11) is 2.17. The van der Waals surface area contributed by atoms with Gasteiger partial charge in [0.2, 0.25) is 0 Å². The SMILES string of the molecule is CC(C)CNCc1ccc(N(C)CCc2cccs2)cc1. The van der Waals surface area contributed by atoms with E-state index in [0.717, 1.165) is 26.1 Å². The van der Waals surface area contributed by atoms with E-state index in [4.69, 9.17) is 0 Å². The molecule has 0 radical (unpaired) electrons. The number of hydrogen-bond donors (Lipinski definition) is 1. The molecule has 2 aromatic rings. The maximum atomic E-state index is 3.48. The van der Waals surface area contributed by atoms with Crippen LogP contribution in [0.4, 0.5) is 5.69 Å². The van der Waals surface area contributed by atoms with E-state index >= 15 is 0 Å². The van der Waals surface area contributed by atoms with Gasteiger partial charge in [-0.15, -0.1) is 11.3 Å². The van der Waals surface area contributed by atoms with Gasteiger partial charge in [-0.05, 0) is 48.0 Å². The van der Waals surface area contributed by atoms with Crippen LogP contribution in [0.25, 0.3) is 0 Å². The highest BCUT2D eigenvalue weighted by atomic mass is 32.1. The van der Waals surface area contributed by atoms with Crippen molar-refractivity contribution in [2.45, 2.75) is 26.8 Å². The van der Waals surface area contributed by atoms with Crippen molar-refractivity contribution in [1.29, 1.82) is 0 Å². The summed E-state index contributed by atoms with van der Waals surface area (Å²) < 4.78 is 0. The molecular formula is C18H26N2S. The molecule has 1 aromatic carbocycles. The second-order valence-electron chi connectivity index (χ2n) is 5.94. The molecule has 1 heterocycles. The van der Waals surface area contributed by atoms with Crippen molar-refractivity contribution in [1.82, 2.24) is 5.32 Å². The summed E-state index contributed by atoms with van der Waals surface area (Å²) in [6.45, 7) is 7.56. The monoisotopic (exact) mass is 302 g/mol. The fraction of sp³-hybridized carbons (Fsp3) is 0.444. The number of thiophene rings is 1. The first-order valence-corrected chi connectivity index (χ1v) is 8.56. The van der Waals surface area contributed by atoms with Gasteiger partial charge >= 0.3 is 0 Å². The van der Waals surface area contributed by atoms with Crippen molar-refractivity contribution in [2.24, 2.45) is 5.92 Å². The third-order valence-electron chi connectivity index (χ3n) is 3.53. The molecular weight excluding hydrogens is 276 g/mol. The van der Waals surface area contributed by atoms with E-state index < -0.39 is 0 Å². The topological polar surface area (TPSA) is 15.3 Å². The van der Waals surface area contributed by atoms with Gasteiger partial charge in [-0.1, -0.05) is 32.0 Å². The van der Waals surface area contributed by atoms with E-state index in [1.54, 1.807) is 0 Å². The lowest BCUT2D eigenvalue weighted by molar-refractivity contribution is 0.552. The Labute approximate surface area is 132 Å². The Morgan fingerprint density at radius 1 is 1.14 bits per heavy atom. The predicted molar refractivity (Wildman–Crippen MR) is 94.3 cm³/mol. The number of nitrogens with zero attached hydrogens (tertiary/aromatic N) is 1. The van der Waals surface area contributed by atoms with E-state index in [2.05, 4.69) is 72.9 Å². The smallest absolute Gasteiger partial charge is 0.0363 e. The third kappa shape index (κ3) is 5.52. The Morgan fingerprint density at radius 2 is 1.90 bits per heavy atom. The highest BCUT2D eigenvalue weighted by Crippen LogP contribution is 2.16. The Kier molecular flexibility index (Phi) is 6.27. The molecule has 0 aliphatic heterocycles. The zero-order valence-electron chi connectivity index (χ0n) is 13.3. The van der Waals surface area contributed by atoms with Crippen LogP contribution in [-0.2, 0) is 13.0 Å². The molecule has 3 heteroatoms. The number of hydrogen-bond acceptors (Lipinski definition) is 3. The molecule has 0 saturated heterocycles. The highest BCUT2D eigenvalue weighted by Gasteiger charge is 2.02. The maximum absolute atomic E-state index is 3.48. The molecule has 114 valence electrons. The lowest BCUT2D eigenvalue weighted by Crippen LogP contribution is -2.20. The largest absolute Gasteiger partial charge is 0.374 e. The summed E-state index contributed by atoms with van der Waals surface area (Å²) in [5.41, 5.74) is 2.64. The molecule has 0 unspecified atom stereocenters. The lowest BCUT2D eigenvalue weighted by atomic mass is 10.1. The van der Waals surface area contributed by atoms with E-state index in [9.17, 15) is 0 Å². The quantitative estimate of drug-likeness (QED) is 0.787. The highest BCUT2D eigenvalue weighted by molar-refractivity contribution is 7.09. The van der Waals surface area contributed by atoms with Crippen LogP contribution in [0, 0.1) is 5.92 Å². The fourth-order valence-electron chi connectivity index (χ4n) is 2.24. The molecule has 0 spiro atoms. The van der Waals surface area contributed by atoms with Crippen molar-refractivity contribution in [3.63, 3.8) is 0 Å². The summed E-state index contributed by atoms with van der Waals surface area (Å²) in [5.74, 6) is 0.702. The zero-order chi connectivity index (χ0) is 15.1. The van der Waals surface area contributed by atoms with Crippen molar-refractivity contribution < 1.29 is 0 Å². The van der Waals surface area contributed by atoms with Gasteiger partial charge in [0.25, 0.3) is 0 Å². The molecule has 0 aliphatic rings. The number of anilines is 1. The Hall–Kier alpha value is -1.32. The third-order valence-corrected chi connectivity index (χ3v) is 4.47. The Morgan fingerprint density at radius 3 is 2.52 bits per heavy atom.